The van der Waals surface area contributed by atoms with Gasteiger partial charge >= 0.3 is 5.97 Å². The van der Waals surface area contributed by atoms with Gasteiger partial charge < -0.3 is 10.8 Å². The van der Waals surface area contributed by atoms with Crippen LogP contribution >= 0.6 is 0 Å². The first kappa shape index (κ1) is 11.5. The molecule has 0 aliphatic carbocycles. The van der Waals surface area contributed by atoms with Crippen LogP contribution < -0.4 is 5.73 Å². The number of rotatable bonds is 4. The van der Waals surface area contributed by atoms with Crippen LogP contribution in [0.2, 0.25) is 0 Å². The first-order chi connectivity index (χ1) is 7.15. The van der Waals surface area contributed by atoms with Gasteiger partial charge in [-0.25, -0.2) is 0 Å². The van der Waals surface area contributed by atoms with E-state index in [-0.39, 0.29) is 0 Å². The standard InChI is InChI=1S/C12H15NO2/c1-2-5-9-6-3-4-7-10(9)8-11(13)12(14)15/h2-7,11H,8,13H2,1H3,(H,14,15)/b5-2+/t11-/m0/s1. The fraction of sp³-hybridized carbons (Fsp3) is 0.250. The summed E-state index contributed by atoms with van der Waals surface area (Å²) < 4.78 is 0. The lowest BCUT2D eigenvalue weighted by Gasteiger charge is -2.09. The van der Waals surface area contributed by atoms with Gasteiger partial charge in [0.05, 0.1) is 0 Å². The summed E-state index contributed by atoms with van der Waals surface area (Å²) in [6.07, 6.45) is 4.23. The largest absolute Gasteiger partial charge is 0.480 e. The third-order valence-corrected chi connectivity index (χ3v) is 2.16. The molecule has 0 fully saturated rings. The van der Waals surface area contributed by atoms with Gasteiger partial charge in [-0.1, -0.05) is 36.4 Å². The SMILES string of the molecule is C/C=C/c1ccccc1C[C@H](N)C(=O)O. The summed E-state index contributed by atoms with van der Waals surface area (Å²) in [5.74, 6) is -0.967. The Morgan fingerprint density at radius 3 is 2.80 bits per heavy atom. The third kappa shape index (κ3) is 3.22. The molecule has 0 saturated carbocycles. The van der Waals surface area contributed by atoms with Gasteiger partial charge in [-0.3, -0.25) is 4.79 Å². The maximum Gasteiger partial charge on any atom is 0.320 e. The molecule has 0 spiro atoms. The lowest BCUT2D eigenvalue weighted by Crippen LogP contribution is -2.32. The normalized spacial score (nSPS) is 12.9. The average Bonchev–Trinajstić information content (AvgIpc) is 2.21. The van der Waals surface area contributed by atoms with E-state index in [4.69, 9.17) is 10.8 Å². The number of nitrogens with two attached hydrogens (primary N) is 1. The lowest BCUT2D eigenvalue weighted by atomic mass is 10.0. The average molecular weight is 205 g/mol. The number of hydrogen-bond donors (Lipinski definition) is 2. The number of carbonyl (C=O) groups is 1. The molecule has 0 radical (unpaired) electrons. The molecule has 3 N–H and O–H groups in total. The van der Waals surface area contributed by atoms with Crippen molar-refractivity contribution in [3.8, 4) is 0 Å². The van der Waals surface area contributed by atoms with Crippen LogP contribution in [-0.4, -0.2) is 17.1 Å². The van der Waals surface area contributed by atoms with E-state index in [0.717, 1.165) is 11.1 Å². The molecule has 1 atom stereocenters. The second-order valence-corrected chi connectivity index (χ2v) is 3.35. The number of allylic oxidation sites excluding steroid dienone is 1. The lowest BCUT2D eigenvalue weighted by molar-refractivity contribution is -0.138. The second kappa shape index (κ2) is 5.32. The molecule has 1 aromatic rings. The molecular weight excluding hydrogens is 190 g/mol. The van der Waals surface area contributed by atoms with E-state index in [2.05, 4.69) is 0 Å². The van der Waals surface area contributed by atoms with Crippen LogP contribution in [-0.2, 0) is 11.2 Å². The second-order valence-electron chi connectivity index (χ2n) is 3.35. The van der Waals surface area contributed by atoms with Crippen molar-refractivity contribution in [2.45, 2.75) is 19.4 Å². The predicted molar refractivity (Wildman–Crippen MR) is 60.5 cm³/mol. The zero-order valence-corrected chi connectivity index (χ0v) is 8.68. The summed E-state index contributed by atoms with van der Waals surface area (Å²) >= 11 is 0. The van der Waals surface area contributed by atoms with E-state index in [9.17, 15) is 4.79 Å². The van der Waals surface area contributed by atoms with Crippen molar-refractivity contribution in [3.05, 3.63) is 41.5 Å². The van der Waals surface area contributed by atoms with Gasteiger partial charge in [0.25, 0.3) is 0 Å². The fourth-order valence-electron chi connectivity index (χ4n) is 1.39. The van der Waals surface area contributed by atoms with Gasteiger partial charge in [0.15, 0.2) is 0 Å². The van der Waals surface area contributed by atoms with Crippen LogP contribution in [0.1, 0.15) is 18.1 Å². The maximum atomic E-state index is 10.6. The fourth-order valence-corrected chi connectivity index (χ4v) is 1.39. The van der Waals surface area contributed by atoms with E-state index >= 15 is 0 Å². The summed E-state index contributed by atoms with van der Waals surface area (Å²) in [6.45, 7) is 1.92. The Balaban J connectivity index is 2.88. The van der Waals surface area contributed by atoms with Crippen molar-refractivity contribution in [3.63, 3.8) is 0 Å². The summed E-state index contributed by atoms with van der Waals surface area (Å²) in [7, 11) is 0. The minimum absolute atomic E-state index is 0.357. The van der Waals surface area contributed by atoms with Gasteiger partial charge in [-0.05, 0) is 24.5 Å². The van der Waals surface area contributed by atoms with Crippen LogP contribution in [0, 0.1) is 0 Å². The topological polar surface area (TPSA) is 63.3 Å². The van der Waals surface area contributed by atoms with E-state index in [1.807, 2.05) is 43.3 Å². The number of hydrogen-bond acceptors (Lipinski definition) is 2. The zero-order chi connectivity index (χ0) is 11.3. The molecule has 0 bridgehead atoms. The van der Waals surface area contributed by atoms with Gasteiger partial charge in [-0.15, -0.1) is 0 Å². The number of aliphatic carboxylic acids is 1. The molecule has 0 saturated heterocycles. The van der Waals surface area contributed by atoms with Crippen molar-refractivity contribution >= 4 is 12.0 Å². The Bertz CT molecular complexity index is 372. The highest BCUT2D eigenvalue weighted by Gasteiger charge is 2.13. The van der Waals surface area contributed by atoms with Crippen molar-refractivity contribution in [2.75, 3.05) is 0 Å². The quantitative estimate of drug-likeness (QED) is 0.786. The molecule has 3 nitrogen and oxygen atoms in total. The minimum Gasteiger partial charge on any atom is -0.480 e. The molecule has 0 aliphatic rings. The highest BCUT2D eigenvalue weighted by atomic mass is 16.4. The molecule has 0 unspecified atom stereocenters. The summed E-state index contributed by atoms with van der Waals surface area (Å²) in [4.78, 5) is 10.6. The van der Waals surface area contributed by atoms with Crippen molar-refractivity contribution in [2.24, 2.45) is 5.73 Å². The van der Waals surface area contributed by atoms with Crippen LogP contribution in [0.15, 0.2) is 30.3 Å². The van der Waals surface area contributed by atoms with Crippen LogP contribution in [0.25, 0.3) is 6.08 Å². The van der Waals surface area contributed by atoms with Crippen LogP contribution in [0.3, 0.4) is 0 Å². The predicted octanol–water partition coefficient (Wildman–Crippen LogP) is 1.67. The zero-order valence-electron chi connectivity index (χ0n) is 8.68. The molecule has 0 aromatic heterocycles. The molecule has 0 amide bonds. The molecule has 0 aliphatic heterocycles. The summed E-state index contributed by atoms with van der Waals surface area (Å²) in [6, 6.07) is 6.82. The Morgan fingerprint density at radius 2 is 2.20 bits per heavy atom. The highest BCUT2D eigenvalue weighted by molar-refractivity contribution is 5.74. The molecule has 0 heterocycles. The van der Waals surface area contributed by atoms with Crippen molar-refractivity contribution in [1.82, 2.24) is 0 Å². The van der Waals surface area contributed by atoms with E-state index in [1.54, 1.807) is 0 Å². The molecule has 80 valence electrons. The highest BCUT2D eigenvalue weighted by Crippen LogP contribution is 2.12. The van der Waals surface area contributed by atoms with Gasteiger partial charge in [-0.2, -0.15) is 0 Å². The van der Waals surface area contributed by atoms with Gasteiger partial charge in [0, 0.05) is 0 Å². The third-order valence-electron chi connectivity index (χ3n) is 2.16. The van der Waals surface area contributed by atoms with E-state index in [1.165, 1.54) is 0 Å². The molecule has 1 rings (SSSR count). The number of carboxylic acid groups (broad SMARTS) is 1. The molecular formula is C12H15NO2. The van der Waals surface area contributed by atoms with Crippen molar-refractivity contribution < 1.29 is 9.90 Å². The van der Waals surface area contributed by atoms with Gasteiger partial charge in [0.2, 0.25) is 0 Å². The first-order valence-corrected chi connectivity index (χ1v) is 4.84. The molecule has 15 heavy (non-hydrogen) atoms. The van der Waals surface area contributed by atoms with Crippen molar-refractivity contribution in [1.29, 1.82) is 0 Å². The Labute approximate surface area is 89.2 Å². The van der Waals surface area contributed by atoms with Crippen LogP contribution in [0.5, 0.6) is 0 Å². The Morgan fingerprint density at radius 1 is 1.53 bits per heavy atom. The Hall–Kier alpha value is -1.61. The summed E-state index contributed by atoms with van der Waals surface area (Å²) in [5.41, 5.74) is 7.48. The monoisotopic (exact) mass is 205 g/mol. The molecule has 1 aromatic carbocycles. The van der Waals surface area contributed by atoms with E-state index < -0.39 is 12.0 Å². The minimum atomic E-state index is -0.967. The molecule has 3 heteroatoms. The summed E-state index contributed by atoms with van der Waals surface area (Å²) in [5, 5.41) is 8.72. The van der Waals surface area contributed by atoms with E-state index in [0.29, 0.717) is 6.42 Å². The number of benzene rings is 1. The smallest absolute Gasteiger partial charge is 0.320 e. The van der Waals surface area contributed by atoms with Crippen LogP contribution in [0.4, 0.5) is 0 Å². The maximum absolute atomic E-state index is 10.6. The first-order valence-electron chi connectivity index (χ1n) is 4.84. The van der Waals surface area contributed by atoms with Gasteiger partial charge in [0.1, 0.15) is 6.04 Å². The Kier molecular flexibility index (Phi) is 4.06. The number of carboxylic acids is 1.